The van der Waals surface area contributed by atoms with Crippen molar-refractivity contribution in [2.75, 3.05) is 31.1 Å². The second kappa shape index (κ2) is 6.07. The maximum Gasteiger partial charge on any atom is 0.269 e. The average Bonchev–Trinajstić information content (AvgIpc) is 3.25. The fourth-order valence-corrected chi connectivity index (χ4v) is 4.75. The van der Waals surface area contributed by atoms with Crippen LogP contribution in [0.4, 0.5) is 11.4 Å². The molecule has 1 aliphatic heterocycles. The predicted molar refractivity (Wildman–Crippen MR) is 90.8 cm³/mol. The summed E-state index contributed by atoms with van der Waals surface area (Å²) < 4.78 is 0. The van der Waals surface area contributed by atoms with Crippen LogP contribution in [0, 0.1) is 27.9 Å². The molecule has 0 unspecified atom stereocenters. The van der Waals surface area contributed by atoms with E-state index >= 15 is 0 Å². The summed E-state index contributed by atoms with van der Waals surface area (Å²) in [5, 5.41) is 10.7. The molecule has 6 nitrogen and oxygen atoms in total. The smallest absolute Gasteiger partial charge is 0.269 e. The monoisotopic (exact) mass is 329 g/mol. The average molecular weight is 329 g/mol. The summed E-state index contributed by atoms with van der Waals surface area (Å²) >= 11 is 0. The summed E-state index contributed by atoms with van der Waals surface area (Å²) in [7, 11) is 0. The number of fused-ring (bicyclic) bond motifs is 2. The number of anilines is 1. The van der Waals surface area contributed by atoms with Gasteiger partial charge in [-0.15, -0.1) is 0 Å². The molecule has 1 heterocycles. The van der Waals surface area contributed by atoms with Crippen molar-refractivity contribution in [3.05, 3.63) is 34.4 Å². The van der Waals surface area contributed by atoms with E-state index in [4.69, 9.17) is 0 Å². The Hall–Kier alpha value is -2.11. The minimum atomic E-state index is -0.379. The van der Waals surface area contributed by atoms with Crippen molar-refractivity contribution in [2.24, 2.45) is 17.8 Å². The predicted octanol–water partition coefficient (Wildman–Crippen LogP) is 2.68. The van der Waals surface area contributed by atoms with Crippen LogP contribution < -0.4 is 4.90 Å². The van der Waals surface area contributed by atoms with Gasteiger partial charge in [-0.25, -0.2) is 0 Å². The SMILES string of the molecule is O=C([C@H]1C[C@H]2CC[C@H]1C2)N1CCN(c2ccc([N+](=O)[O-])cc2)CC1. The Kier molecular flexibility index (Phi) is 3.90. The number of rotatable bonds is 3. The number of benzene rings is 1. The molecule has 1 aromatic carbocycles. The zero-order valence-electron chi connectivity index (χ0n) is 13.8. The van der Waals surface area contributed by atoms with Crippen molar-refractivity contribution < 1.29 is 9.72 Å². The largest absolute Gasteiger partial charge is 0.368 e. The minimum absolute atomic E-state index is 0.115. The van der Waals surface area contributed by atoms with E-state index < -0.39 is 0 Å². The van der Waals surface area contributed by atoms with Gasteiger partial charge in [0.05, 0.1) is 4.92 Å². The maximum absolute atomic E-state index is 12.8. The Morgan fingerprint density at radius 1 is 1.04 bits per heavy atom. The standard InChI is InChI=1S/C18H23N3O3/c22-18(17-12-13-1-2-14(17)11-13)20-9-7-19(8-10-20)15-3-5-16(6-4-15)21(23)24/h3-6,13-14,17H,1-2,7-12H2/t13-,14-,17-/m0/s1. The van der Waals surface area contributed by atoms with Gasteiger partial charge in [0.2, 0.25) is 5.91 Å². The molecule has 128 valence electrons. The van der Waals surface area contributed by atoms with Gasteiger partial charge in [0.1, 0.15) is 0 Å². The van der Waals surface area contributed by atoms with E-state index in [1.54, 1.807) is 24.3 Å². The molecule has 2 aliphatic carbocycles. The fourth-order valence-electron chi connectivity index (χ4n) is 4.75. The van der Waals surface area contributed by atoms with Gasteiger partial charge in [-0.1, -0.05) is 6.42 Å². The Labute approximate surface area is 141 Å². The molecular weight excluding hydrogens is 306 g/mol. The van der Waals surface area contributed by atoms with Gasteiger partial charge in [0.15, 0.2) is 0 Å². The first-order valence-corrected chi connectivity index (χ1v) is 8.90. The number of nitro groups is 1. The second-order valence-corrected chi connectivity index (χ2v) is 7.37. The third-order valence-electron chi connectivity index (χ3n) is 6.07. The molecule has 6 heteroatoms. The van der Waals surface area contributed by atoms with Crippen LogP contribution in [-0.2, 0) is 4.79 Å². The molecule has 2 saturated carbocycles. The first-order chi connectivity index (χ1) is 11.6. The van der Waals surface area contributed by atoms with Gasteiger partial charge in [-0.2, -0.15) is 0 Å². The molecule has 3 aliphatic rings. The quantitative estimate of drug-likeness (QED) is 0.632. The van der Waals surface area contributed by atoms with Crippen LogP contribution in [-0.4, -0.2) is 41.9 Å². The first-order valence-electron chi connectivity index (χ1n) is 8.90. The lowest BCUT2D eigenvalue weighted by atomic mass is 9.87. The van der Waals surface area contributed by atoms with E-state index in [1.807, 2.05) is 4.90 Å². The number of carbonyl (C=O) groups excluding carboxylic acids is 1. The fraction of sp³-hybridized carbons (Fsp3) is 0.611. The highest BCUT2D eigenvalue weighted by Gasteiger charge is 2.44. The van der Waals surface area contributed by atoms with Crippen LogP contribution in [0.3, 0.4) is 0 Å². The Morgan fingerprint density at radius 2 is 1.75 bits per heavy atom. The van der Waals surface area contributed by atoms with E-state index in [1.165, 1.54) is 19.3 Å². The molecular formula is C18H23N3O3. The molecule has 0 N–H and O–H groups in total. The highest BCUT2D eigenvalue weighted by Crippen LogP contribution is 2.48. The van der Waals surface area contributed by atoms with E-state index in [-0.39, 0.29) is 16.5 Å². The van der Waals surface area contributed by atoms with Crippen molar-refractivity contribution in [1.29, 1.82) is 0 Å². The van der Waals surface area contributed by atoms with Crippen molar-refractivity contribution >= 4 is 17.3 Å². The lowest BCUT2D eigenvalue weighted by Gasteiger charge is -2.38. The zero-order valence-corrected chi connectivity index (χ0v) is 13.8. The van der Waals surface area contributed by atoms with Gasteiger partial charge < -0.3 is 9.80 Å². The summed E-state index contributed by atoms with van der Waals surface area (Å²) in [6, 6.07) is 6.68. The lowest BCUT2D eigenvalue weighted by Crippen LogP contribution is -2.51. The number of nitrogens with zero attached hydrogens (tertiary/aromatic N) is 3. The van der Waals surface area contributed by atoms with Gasteiger partial charge >= 0.3 is 0 Å². The second-order valence-electron chi connectivity index (χ2n) is 7.37. The molecule has 0 aromatic heterocycles. The third kappa shape index (κ3) is 2.74. The Balaban J connectivity index is 1.34. The summed E-state index contributed by atoms with van der Waals surface area (Å²) in [6.45, 7) is 3.10. The van der Waals surface area contributed by atoms with E-state index in [0.717, 1.165) is 44.2 Å². The van der Waals surface area contributed by atoms with Gasteiger partial charge in [-0.3, -0.25) is 14.9 Å². The van der Waals surface area contributed by atoms with Crippen LogP contribution in [0.15, 0.2) is 24.3 Å². The normalized spacial score (nSPS) is 29.1. The number of hydrogen-bond acceptors (Lipinski definition) is 4. The van der Waals surface area contributed by atoms with E-state index in [2.05, 4.69) is 4.90 Å². The summed E-state index contributed by atoms with van der Waals surface area (Å²) in [5.74, 6) is 2.07. The first kappa shape index (κ1) is 15.4. The molecule has 1 amide bonds. The summed E-state index contributed by atoms with van der Waals surface area (Å²) in [6.07, 6.45) is 4.93. The van der Waals surface area contributed by atoms with Gasteiger partial charge in [0, 0.05) is 49.9 Å². The number of piperazine rings is 1. The van der Waals surface area contributed by atoms with Crippen LogP contribution in [0.1, 0.15) is 25.7 Å². The van der Waals surface area contributed by atoms with Crippen LogP contribution in [0.25, 0.3) is 0 Å². The van der Waals surface area contributed by atoms with Crippen LogP contribution >= 0.6 is 0 Å². The number of nitro benzene ring substituents is 1. The van der Waals surface area contributed by atoms with Gasteiger partial charge in [0.25, 0.3) is 5.69 Å². The number of carbonyl (C=O) groups is 1. The molecule has 4 rings (SSSR count). The third-order valence-corrected chi connectivity index (χ3v) is 6.07. The number of amides is 1. The van der Waals surface area contributed by atoms with E-state index in [9.17, 15) is 14.9 Å². The minimum Gasteiger partial charge on any atom is -0.368 e. The summed E-state index contributed by atoms with van der Waals surface area (Å²) in [4.78, 5) is 27.4. The number of non-ortho nitro benzene ring substituents is 1. The molecule has 3 fully saturated rings. The molecule has 2 bridgehead atoms. The Bertz CT molecular complexity index is 637. The van der Waals surface area contributed by atoms with Crippen molar-refractivity contribution in [2.45, 2.75) is 25.7 Å². The molecule has 1 saturated heterocycles. The molecule has 24 heavy (non-hydrogen) atoms. The maximum atomic E-state index is 12.8. The molecule has 3 atom stereocenters. The van der Waals surface area contributed by atoms with Crippen LogP contribution in [0.2, 0.25) is 0 Å². The topological polar surface area (TPSA) is 66.7 Å². The van der Waals surface area contributed by atoms with Crippen molar-refractivity contribution in [3.8, 4) is 0 Å². The highest BCUT2D eigenvalue weighted by molar-refractivity contribution is 5.80. The number of hydrogen-bond donors (Lipinski definition) is 0. The highest BCUT2D eigenvalue weighted by atomic mass is 16.6. The Morgan fingerprint density at radius 3 is 2.29 bits per heavy atom. The van der Waals surface area contributed by atoms with Crippen LogP contribution in [0.5, 0.6) is 0 Å². The molecule has 0 radical (unpaired) electrons. The van der Waals surface area contributed by atoms with Crippen molar-refractivity contribution in [3.63, 3.8) is 0 Å². The van der Waals surface area contributed by atoms with Crippen molar-refractivity contribution in [1.82, 2.24) is 4.90 Å². The molecule has 0 spiro atoms. The molecule has 1 aromatic rings. The van der Waals surface area contributed by atoms with E-state index in [0.29, 0.717) is 11.8 Å². The zero-order chi connectivity index (χ0) is 16.7. The lowest BCUT2D eigenvalue weighted by molar-refractivity contribution is -0.384. The van der Waals surface area contributed by atoms with Gasteiger partial charge in [-0.05, 0) is 43.2 Å². The summed E-state index contributed by atoms with van der Waals surface area (Å²) in [5.41, 5.74) is 1.11.